The van der Waals surface area contributed by atoms with Crippen molar-refractivity contribution in [3.63, 3.8) is 0 Å². The summed E-state index contributed by atoms with van der Waals surface area (Å²) in [6, 6.07) is 6.09. The number of aryl methyl sites for hydroxylation is 1. The number of pyridine rings is 1. The molecule has 3 rings (SSSR count). The summed E-state index contributed by atoms with van der Waals surface area (Å²) in [5.74, 6) is -1.34. The number of nitrogens with zero attached hydrogens (tertiary/aromatic N) is 4. The molecule has 2 aromatic heterocycles. The van der Waals surface area contributed by atoms with Crippen LogP contribution in [0.2, 0.25) is 0 Å². The Hall–Kier alpha value is -2.80. The Balaban J connectivity index is 1.91. The zero-order valence-electron chi connectivity index (χ0n) is 15.5. The van der Waals surface area contributed by atoms with Gasteiger partial charge in [0.25, 0.3) is 0 Å². The van der Waals surface area contributed by atoms with Gasteiger partial charge in [0.1, 0.15) is 5.82 Å². The molecule has 0 fully saturated rings. The van der Waals surface area contributed by atoms with E-state index in [2.05, 4.69) is 15.0 Å². The minimum Gasteiger partial charge on any atom is -0.478 e. The van der Waals surface area contributed by atoms with E-state index in [0.717, 1.165) is 31.4 Å². The molecule has 27 heavy (non-hydrogen) atoms. The smallest absolute Gasteiger partial charge is 0.336 e. The van der Waals surface area contributed by atoms with Crippen LogP contribution >= 0.6 is 0 Å². The minimum atomic E-state index is -1.01. The fraction of sp³-hybridized carbons (Fsp3) is 0.350. The monoisotopic (exact) mass is 370 g/mol. The lowest BCUT2D eigenvalue weighted by molar-refractivity contribution is 0.0695. The molecule has 6 nitrogen and oxygen atoms in total. The van der Waals surface area contributed by atoms with Crippen LogP contribution in [0.15, 0.2) is 36.7 Å². The Morgan fingerprint density at radius 2 is 2.07 bits per heavy atom. The first-order valence-corrected chi connectivity index (χ1v) is 8.91. The molecule has 1 N–H and O–H groups in total. The summed E-state index contributed by atoms with van der Waals surface area (Å²) in [6.07, 6.45) is 5.27. The van der Waals surface area contributed by atoms with Gasteiger partial charge in [-0.2, -0.15) is 5.10 Å². The molecule has 0 unspecified atom stereocenters. The molecule has 0 saturated carbocycles. The summed E-state index contributed by atoms with van der Waals surface area (Å²) in [5.41, 5.74) is 2.27. The third-order valence-corrected chi connectivity index (χ3v) is 4.51. The maximum absolute atomic E-state index is 13.8. The number of rotatable bonds is 8. The minimum absolute atomic E-state index is 0.190. The molecular formula is C20H23FN4O2. The third-order valence-electron chi connectivity index (χ3n) is 4.51. The van der Waals surface area contributed by atoms with Gasteiger partial charge in [-0.05, 0) is 63.3 Å². The van der Waals surface area contributed by atoms with Crippen molar-refractivity contribution in [3.8, 4) is 0 Å². The van der Waals surface area contributed by atoms with Crippen molar-refractivity contribution in [2.75, 3.05) is 20.6 Å². The lowest BCUT2D eigenvalue weighted by Crippen LogP contribution is -2.13. The molecule has 0 atom stereocenters. The van der Waals surface area contributed by atoms with Gasteiger partial charge in [-0.25, -0.2) is 9.18 Å². The van der Waals surface area contributed by atoms with E-state index in [4.69, 9.17) is 0 Å². The third kappa shape index (κ3) is 4.49. The van der Waals surface area contributed by atoms with Crippen LogP contribution in [0.5, 0.6) is 0 Å². The summed E-state index contributed by atoms with van der Waals surface area (Å²) < 4.78 is 15.7. The van der Waals surface area contributed by atoms with Crippen LogP contribution in [0.4, 0.5) is 4.39 Å². The van der Waals surface area contributed by atoms with Crippen LogP contribution in [-0.2, 0) is 13.0 Å². The summed E-state index contributed by atoms with van der Waals surface area (Å²) in [6.45, 7) is 1.73. The predicted octanol–water partition coefficient (Wildman–Crippen LogP) is 3.20. The zero-order chi connectivity index (χ0) is 19.4. The fourth-order valence-electron chi connectivity index (χ4n) is 3.17. The molecule has 0 amide bonds. The highest BCUT2D eigenvalue weighted by Gasteiger charge is 2.16. The van der Waals surface area contributed by atoms with E-state index in [1.165, 1.54) is 30.6 Å². The van der Waals surface area contributed by atoms with Gasteiger partial charge in [0, 0.05) is 30.7 Å². The maximum atomic E-state index is 13.8. The van der Waals surface area contributed by atoms with Crippen molar-refractivity contribution in [2.45, 2.75) is 25.8 Å². The average Bonchev–Trinajstić information content (AvgIpc) is 2.95. The van der Waals surface area contributed by atoms with Crippen LogP contribution in [0, 0.1) is 5.82 Å². The summed E-state index contributed by atoms with van der Waals surface area (Å²) in [5, 5.41) is 14.7. The zero-order valence-corrected chi connectivity index (χ0v) is 15.5. The first-order chi connectivity index (χ1) is 13.0. The van der Waals surface area contributed by atoms with Crippen LogP contribution < -0.4 is 0 Å². The number of hydrogen-bond acceptors (Lipinski definition) is 4. The van der Waals surface area contributed by atoms with Gasteiger partial charge in [-0.3, -0.25) is 9.67 Å². The van der Waals surface area contributed by atoms with Crippen molar-refractivity contribution < 1.29 is 14.3 Å². The van der Waals surface area contributed by atoms with Crippen molar-refractivity contribution in [1.29, 1.82) is 0 Å². The maximum Gasteiger partial charge on any atom is 0.336 e. The molecule has 0 saturated heterocycles. The van der Waals surface area contributed by atoms with Gasteiger partial charge in [-0.1, -0.05) is 0 Å². The van der Waals surface area contributed by atoms with Gasteiger partial charge in [0.2, 0.25) is 0 Å². The fourth-order valence-corrected chi connectivity index (χ4v) is 3.17. The molecule has 0 spiro atoms. The highest BCUT2D eigenvalue weighted by molar-refractivity contribution is 5.89. The lowest BCUT2D eigenvalue weighted by atomic mass is 10.0. The quantitative estimate of drug-likeness (QED) is 0.617. The molecule has 1 aromatic carbocycles. The SMILES string of the molecule is CN(C)CCCCn1nc(Cc2cnccc2C(=O)O)c2cc(F)ccc21. The first kappa shape index (κ1) is 19.0. The number of carbonyl (C=O) groups is 1. The van der Waals surface area contributed by atoms with Gasteiger partial charge >= 0.3 is 5.97 Å². The summed E-state index contributed by atoms with van der Waals surface area (Å²) in [7, 11) is 4.08. The molecule has 2 heterocycles. The van der Waals surface area contributed by atoms with Gasteiger partial charge < -0.3 is 10.0 Å². The van der Waals surface area contributed by atoms with Gasteiger partial charge in [0.05, 0.1) is 16.8 Å². The van der Waals surface area contributed by atoms with Crippen LogP contribution in [-0.4, -0.2) is 51.4 Å². The summed E-state index contributed by atoms with van der Waals surface area (Å²) >= 11 is 0. The topological polar surface area (TPSA) is 71.2 Å². The number of unbranched alkanes of at least 4 members (excludes halogenated alkanes) is 1. The number of hydrogen-bond donors (Lipinski definition) is 1. The second kappa shape index (κ2) is 8.26. The van der Waals surface area contributed by atoms with E-state index in [1.54, 1.807) is 6.07 Å². The van der Waals surface area contributed by atoms with Crippen molar-refractivity contribution in [1.82, 2.24) is 19.7 Å². The standard InChI is InChI=1S/C20H23FN4O2/c1-24(2)9-3-4-10-25-19-6-5-15(21)12-17(19)18(23-25)11-14-13-22-8-7-16(14)20(26)27/h5-8,12-13H,3-4,9-11H2,1-2H3,(H,26,27). The Morgan fingerprint density at radius 3 is 2.81 bits per heavy atom. The highest BCUT2D eigenvalue weighted by atomic mass is 19.1. The van der Waals surface area contributed by atoms with Crippen LogP contribution in [0.1, 0.15) is 34.5 Å². The van der Waals surface area contributed by atoms with E-state index in [9.17, 15) is 14.3 Å². The number of benzene rings is 1. The Morgan fingerprint density at radius 1 is 1.26 bits per heavy atom. The molecule has 0 aliphatic rings. The van der Waals surface area contributed by atoms with Crippen molar-refractivity contribution >= 4 is 16.9 Å². The molecule has 0 aliphatic carbocycles. The first-order valence-electron chi connectivity index (χ1n) is 8.91. The van der Waals surface area contributed by atoms with Gasteiger partial charge in [-0.15, -0.1) is 0 Å². The van der Waals surface area contributed by atoms with Gasteiger partial charge in [0.15, 0.2) is 0 Å². The summed E-state index contributed by atoms with van der Waals surface area (Å²) in [4.78, 5) is 17.6. The predicted molar refractivity (Wildman–Crippen MR) is 101 cm³/mol. The van der Waals surface area contributed by atoms with E-state index in [-0.39, 0.29) is 11.4 Å². The number of halogens is 1. The Kier molecular flexibility index (Phi) is 5.81. The second-order valence-electron chi connectivity index (χ2n) is 6.86. The molecule has 0 bridgehead atoms. The van der Waals surface area contributed by atoms with Crippen LogP contribution in [0.25, 0.3) is 10.9 Å². The molecule has 0 radical (unpaired) electrons. The van der Waals surface area contributed by atoms with E-state index in [0.29, 0.717) is 23.1 Å². The molecule has 7 heteroatoms. The highest BCUT2D eigenvalue weighted by Crippen LogP contribution is 2.24. The van der Waals surface area contributed by atoms with Crippen molar-refractivity contribution in [3.05, 3.63) is 59.3 Å². The Labute approximate surface area is 157 Å². The number of carboxylic acids is 1. The van der Waals surface area contributed by atoms with Crippen LogP contribution in [0.3, 0.4) is 0 Å². The molecule has 0 aliphatic heterocycles. The second-order valence-corrected chi connectivity index (χ2v) is 6.86. The number of carboxylic acid groups (broad SMARTS) is 1. The molecule has 142 valence electrons. The average molecular weight is 370 g/mol. The molecule has 3 aromatic rings. The van der Waals surface area contributed by atoms with E-state index < -0.39 is 5.97 Å². The molecular weight excluding hydrogens is 347 g/mol. The number of aromatic nitrogens is 3. The van der Waals surface area contributed by atoms with E-state index >= 15 is 0 Å². The van der Waals surface area contributed by atoms with Crippen molar-refractivity contribution in [2.24, 2.45) is 0 Å². The lowest BCUT2D eigenvalue weighted by Gasteiger charge is -2.09. The Bertz CT molecular complexity index is 952. The number of fused-ring (bicyclic) bond motifs is 1. The number of aromatic carboxylic acids is 1. The normalized spacial score (nSPS) is 11.4. The van der Waals surface area contributed by atoms with E-state index in [1.807, 2.05) is 18.8 Å². The largest absolute Gasteiger partial charge is 0.478 e.